The summed E-state index contributed by atoms with van der Waals surface area (Å²) in [5.41, 5.74) is 1.81. The van der Waals surface area contributed by atoms with Crippen molar-refractivity contribution in [2.75, 3.05) is 7.05 Å². The molecule has 0 radical (unpaired) electrons. The van der Waals surface area contributed by atoms with Crippen LogP contribution >= 0.6 is 0 Å². The third kappa shape index (κ3) is 3.95. The molecule has 0 N–H and O–H groups in total. The number of hydrogen-bond acceptors (Lipinski definition) is 7. The van der Waals surface area contributed by atoms with Crippen LogP contribution < -0.4 is 0 Å². The molecule has 0 spiro atoms. The molecular formula is C16H18N6O. The smallest absolute Gasteiger partial charge is 0.241 e. The van der Waals surface area contributed by atoms with Crippen LogP contribution in [-0.2, 0) is 13.0 Å². The second-order valence-electron chi connectivity index (χ2n) is 5.42. The van der Waals surface area contributed by atoms with E-state index in [2.05, 4.69) is 36.9 Å². The summed E-state index contributed by atoms with van der Waals surface area (Å²) in [6.45, 7) is 2.71. The quantitative estimate of drug-likeness (QED) is 0.688. The molecule has 23 heavy (non-hydrogen) atoms. The lowest BCUT2D eigenvalue weighted by Gasteiger charge is -2.22. The van der Waals surface area contributed by atoms with E-state index in [0.717, 1.165) is 17.7 Å². The van der Waals surface area contributed by atoms with Gasteiger partial charge in [-0.1, -0.05) is 5.16 Å². The molecule has 118 valence electrons. The summed E-state index contributed by atoms with van der Waals surface area (Å²) in [4.78, 5) is 19.0. The first-order valence-electron chi connectivity index (χ1n) is 7.40. The Morgan fingerprint density at radius 1 is 1.17 bits per heavy atom. The highest BCUT2D eigenvalue weighted by atomic mass is 16.5. The van der Waals surface area contributed by atoms with Gasteiger partial charge in [0.15, 0.2) is 0 Å². The van der Waals surface area contributed by atoms with Crippen molar-refractivity contribution in [2.24, 2.45) is 0 Å². The predicted octanol–water partition coefficient (Wildman–Crippen LogP) is 1.98. The molecule has 0 saturated carbocycles. The molecule has 0 aliphatic carbocycles. The molecule has 0 saturated heterocycles. The zero-order valence-corrected chi connectivity index (χ0v) is 13.1. The monoisotopic (exact) mass is 310 g/mol. The molecule has 3 aromatic rings. The fourth-order valence-corrected chi connectivity index (χ4v) is 2.19. The lowest BCUT2D eigenvalue weighted by molar-refractivity contribution is 0.212. The first-order chi connectivity index (χ1) is 11.2. The van der Waals surface area contributed by atoms with Gasteiger partial charge in [0.1, 0.15) is 0 Å². The Morgan fingerprint density at radius 3 is 2.78 bits per heavy atom. The first kappa shape index (κ1) is 15.2. The number of aromatic nitrogens is 5. The van der Waals surface area contributed by atoms with Gasteiger partial charge in [-0.25, -0.2) is 0 Å². The van der Waals surface area contributed by atoms with E-state index in [9.17, 15) is 0 Å². The molecule has 0 fully saturated rings. The molecule has 3 heterocycles. The Balaban J connectivity index is 1.62. The first-order valence-corrected chi connectivity index (χ1v) is 7.40. The fourth-order valence-electron chi connectivity index (χ4n) is 2.19. The van der Waals surface area contributed by atoms with Crippen molar-refractivity contribution in [3.8, 4) is 11.4 Å². The van der Waals surface area contributed by atoms with E-state index in [1.54, 1.807) is 31.0 Å². The number of likely N-dealkylation sites (N-methyl/N-ethyl adjacent to an activating group) is 1. The van der Waals surface area contributed by atoms with Crippen molar-refractivity contribution in [1.82, 2.24) is 30.0 Å². The Hall–Kier alpha value is -2.67. The molecule has 1 atom stereocenters. The van der Waals surface area contributed by atoms with Crippen LogP contribution in [0.5, 0.6) is 0 Å². The summed E-state index contributed by atoms with van der Waals surface area (Å²) in [7, 11) is 2.02. The Bertz CT molecular complexity index is 731. The summed E-state index contributed by atoms with van der Waals surface area (Å²) in [5, 5.41) is 4.01. The van der Waals surface area contributed by atoms with Crippen LogP contribution in [0.4, 0.5) is 0 Å². The minimum atomic E-state index is 0.278. The van der Waals surface area contributed by atoms with E-state index in [1.165, 1.54) is 0 Å². The van der Waals surface area contributed by atoms with Crippen molar-refractivity contribution in [3.63, 3.8) is 0 Å². The lowest BCUT2D eigenvalue weighted by Crippen LogP contribution is -2.30. The molecule has 0 bridgehead atoms. The molecule has 0 aliphatic rings. The van der Waals surface area contributed by atoms with Gasteiger partial charge < -0.3 is 4.52 Å². The summed E-state index contributed by atoms with van der Waals surface area (Å²) in [5.74, 6) is 1.14. The average molecular weight is 310 g/mol. The maximum absolute atomic E-state index is 5.33. The zero-order chi connectivity index (χ0) is 16.1. The topological polar surface area (TPSA) is 80.8 Å². The number of rotatable bonds is 6. The largest absolute Gasteiger partial charge is 0.338 e. The average Bonchev–Trinajstić information content (AvgIpc) is 3.05. The minimum Gasteiger partial charge on any atom is -0.338 e. The Kier molecular flexibility index (Phi) is 4.68. The van der Waals surface area contributed by atoms with Crippen molar-refractivity contribution in [1.29, 1.82) is 0 Å². The van der Waals surface area contributed by atoms with E-state index < -0.39 is 0 Å². The molecule has 0 amide bonds. The molecule has 0 aliphatic heterocycles. The van der Waals surface area contributed by atoms with Crippen LogP contribution in [0, 0.1) is 0 Å². The van der Waals surface area contributed by atoms with Gasteiger partial charge in [-0.2, -0.15) is 4.98 Å². The molecule has 3 aromatic heterocycles. The lowest BCUT2D eigenvalue weighted by atomic mass is 10.1. The summed E-state index contributed by atoms with van der Waals surface area (Å²) >= 11 is 0. The molecule has 3 rings (SSSR count). The highest BCUT2D eigenvalue weighted by Gasteiger charge is 2.15. The van der Waals surface area contributed by atoms with Crippen LogP contribution in [0.2, 0.25) is 0 Å². The van der Waals surface area contributed by atoms with Gasteiger partial charge in [0.2, 0.25) is 11.7 Å². The van der Waals surface area contributed by atoms with Gasteiger partial charge in [0, 0.05) is 49.0 Å². The Morgan fingerprint density at radius 2 is 2.04 bits per heavy atom. The summed E-state index contributed by atoms with van der Waals surface area (Å²) in [6, 6.07) is 4.03. The number of nitrogens with zero attached hydrogens (tertiary/aromatic N) is 6. The molecule has 0 unspecified atom stereocenters. The van der Waals surface area contributed by atoms with Gasteiger partial charge in [-0.3, -0.25) is 19.9 Å². The molecule has 7 nitrogen and oxygen atoms in total. The number of hydrogen-bond donors (Lipinski definition) is 0. The highest BCUT2D eigenvalue weighted by Crippen LogP contribution is 2.15. The van der Waals surface area contributed by atoms with Crippen LogP contribution in [0.3, 0.4) is 0 Å². The van der Waals surface area contributed by atoms with E-state index in [0.29, 0.717) is 18.3 Å². The van der Waals surface area contributed by atoms with E-state index >= 15 is 0 Å². The second kappa shape index (κ2) is 7.06. The van der Waals surface area contributed by atoms with Crippen molar-refractivity contribution < 1.29 is 4.52 Å². The minimum absolute atomic E-state index is 0.278. The standard InChI is InChI=1S/C16H18N6O/c1-12(8-14-10-18-6-7-19-14)22(2)11-15-20-16(21-23-15)13-4-3-5-17-9-13/h3-7,9-10,12H,8,11H2,1-2H3/t12-/m0/s1. The molecule has 7 heteroatoms. The summed E-state index contributed by atoms with van der Waals surface area (Å²) in [6.07, 6.45) is 9.42. The van der Waals surface area contributed by atoms with Gasteiger partial charge in [0.05, 0.1) is 12.2 Å². The fraction of sp³-hybridized carbons (Fsp3) is 0.312. The molecule has 0 aromatic carbocycles. The van der Waals surface area contributed by atoms with E-state index in [1.807, 2.05) is 19.2 Å². The van der Waals surface area contributed by atoms with Crippen molar-refractivity contribution in [2.45, 2.75) is 25.9 Å². The zero-order valence-electron chi connectivity index (χ0n) is 13.1. The third-order valence-electron chi connectivity index (χ3n) is 3.65. The number of pyridine rings is 1. The van der Waals surface area contributed by atoms with Crippen LogP contribution in [0.1, 0.15) is 18.5 Å². The third-order valence-corrected chi connectivity index (χ3v) is 3.65. The van der Waals surface area contributed by atoms with Crippen molar-refractivity contribution in [3.05, 3.63) is 54.7 Å². The SMILES string of the molecule is C[C@@H](Cc1cnccn1)N(C)Cc1nc(-c2cccnc2)no1. The maximum Gasteiger partial charge on any atom is 0.241 e. The van der Waals surface area contributed by atoms with Crippen LogP contribution in [0.25, 0.3) is 11.4 Å². The van der Waals surface area contributed by atoms with E-state index in [4.69, 9.17) is 4.52 Å². The normalized spacial score (nSPS) is 12.5. The van der Waals surface area contributed by atoms with Crippen LogP contribution in [0.15, 0.2) is 47.6 Å². The highest BCUT2D eigenvalue weighted by molar-refractivity contribution is 5.51. The van der Waals surface area contributed by atoms with Gasteiger partial charge in [0.25, 0.3) is 0 Å². The molecular weight excluding hydrogens is 292 g/mol. The Labute approximate surface area is 134 Å². The van der Waals surface area contributed by atoms with E-state index in [-0.39, 0.29) is 6.04 Å². The van der Waals surface area contributed by atoms with Gasteiger partial charge in [-0.15, -0.1) is 0 Å². The second-order valence-corrected chi connectivity index (χ2v) is 5.42. The van der Waals surface area contributed by atoms with Crippen LogP contribution in [-0.4, -0.2) is 43.1 Å². The predicted molar refractivity (Wildman–Crippen MR) is 84.2 cm³/mol. The maximum atomic E-state index is 5.33. The van der Waals surface area contributed by atoms with Crippen molar-refractivity contribution >= 4 is 0 Å². The van der Waals surface area contributed by atoms with Gasteiger partial charge >= 0.3 is 0 Å². The summed E-state index contributed by atoms with van der Waals surface area (Å²) < 4.78 is 5.33. The van der Waals surface area contributed by atoms with Gasteiger partial charge in [-0.05, 0) is 26.1 Å².